The Bertz CT molecular complexity index is 334. The molecule has 0 saturated carbocycles. The maximum atomic E-state index is 9.58. The molecule has 16 heavy (non-hydrogen) atoms. The molecule has 2 atom stereocenters. The highest BCUT2D eigenvalue weighted by molar-refractivity contribution is 5.27. The molecule has 88 valence electrons. The van der Waals surface area contributed by atoms with Gasteiger partial charge in [-0.25, -0.2) is 0 Å². The van der Waals surface area contributed by atoms with Crippen molar-refractivity contribution in [3.8, 4) is 0 Å². The van der Waals surface area contributed by atoms with Crippen LogP contribution >= 0.6 is 0 Å². The summed E-state index contributed by atoms with van der Waals surface area (Å²) in [5, 5.41) is 22.0. The number of hydrogen-bond acceptors (Lipinski definition) is 3. The zero-order valence-electron chi connectivity index (χ0n) is 9.39. The van der Waals surface area contributed by atoms with Crippen LogP contribution in [0.25, 0.3) is 0 Å². The van der Waals surface area contributed by atoms with Crippen LogP contribution in [0.1, 0.15) is 42.5 Å². The highest BCUT2D eigenvalue weighted by atomic mass is 16.3. The van der Waals surface area contributed by atoms with Gasteiger partial charge in [-0.2, -0.15) is 0 Å². The Hall–Kier alpha value is -0.900. The van der Waals surface area contributed by atoms with Crippen molar-refractivity contribution in [1.29, 1.82) is 0 Å². The third kappa shape index (κ3) is 2.61. The summed E-state index contributed by atoms with van der Waals surface area (Å²) in [5.74, 6) is 0. The van der Waals surface area contributed by atoms with Crippen LogP contribution in [0.4, 0.5) is 0 Å². The second-order valence-electron chi connectivity index (χ2n) is 4.37. The number of aliphatic hydroxyl groups is 2. The maximum absolute atomic E-state index is 9.58. The smallest absolute Gasteiger partial charge is 0.102 e. The van der Waals surface area contributed by atoms with Crippen molar-refractivity contribution in [3.63, 3.8) is 0 Å². The quantitative estimate of drug-likeness (QED) is 0.725. The largest absolute Gasteiger partial charge is 0.393 e. The lowest BCUT2D eigenvalue weighted by Gasteiger charge is -2.24. The van der Waals surface area contributed by atoms with Gasteiger partial charge >= 0.3 is 0 Å². The summed E-state index contributed by atoms with van der Waals surface area (Å²) >= 11 is 0. The van der Waals surface area contributed by atoms with Gasteiger partial charge in [0.25, 0.3) is 0 Å². The fraction of sp³-hybridized carbons (Fsp3) is 0.538. The van der Waals surface area contributed by atoms with Crippen molar-refractivity contribution in [1.82, 2.24) is 5.32 Å². The molecule has 2 unspecified atom stereocenters. The first-order chi connectivity index (χ1) is 7.81. The highest BCUT2D eigenvalue weighted by Gasteiger charge is 2.15. The number of piperidine rings is 1. The van der Waals surface area contributed by atoms with Crippen molar-refractivity contribution < 1.29 is 10.2 Å². The van der Waals surface area contributed by atoms with Gasteiger partial charge < -0.3 is 15.5 Å². The molecule has 1 saturated heterocycles. The van der Waals surface area contributed by atoms with Crippen LogP contribution < -0.4 is 5.32 Å². The van der Waals surface area contributed by atoms with Crippen LogP contribution in [0.3, 0.4) is 0 Å². The van der Waals surface area contributed by atoms with Crippen LogP contribution in [-0.2, 0) is 0 Å². The number of benzene rings is 1. The first-order valence-corrected chi connectivity index (χ1v) is 5.93. The molecule has 1 aromatic rings. The molecule has 1 fully saturated rings. The molecule has 0 amide bonds. The van der Waals surface area contributed by atoms with E-state index in [1.54, 1.807) is 0 Å². The van der Waals surface area contributed by atoms with Crippen molar-refractivity contribution in [3.05, 3.63) is 35.4 Å². The summed E-state index contributed by atoms with van der Waals surface area (Å²) in [6, 6.07) is 8.27. The molecule has 0 bridgehead atoms. The molecule has 3 heteroatoms. The van der Waals surface area contributed by atoms with E-state index in [1.165, 1.54) is 18.4 Å². The summed E-state index contributed by atoms with van der Waals surface area (Å²) in [6.45, 7) is 0.846. The predicted octanol–water partition coefficient (Wildman–Crippen LogP) is 1.53. The number of hydrogen-bond donors (Lipinski definition) is 3. The van der Waals surface area contributed by atoms with Crippen LogP contribution in [0, 0.1) is 0 Å². The van der Waals surface area contributed by atoms with Crippen molar-refractivity contribution in [2.45, 2.75) is 31.4 Å². The van der Waals surface area contributed by atoms with Gasteiger partial charge in [-0.3, -0.25) is 0 Å². The van der Waals surface area contributed by atoms with E-state index >= 15 is 0 Å². The summed E-state index contributed by atoms with van der Waals surface area (Å²) in [6.07, 6.45) is 2.89. The molecule has 1 aromatic carbocycles. The molecule has 0 aromatic heterocycles. The number of nitrogens with one attached hydrogen (secondary N) is 1. The average Bonchev–Trinajstić information content (AvgIpc) is 2.39. The summed E-state index contributed by atoms with van der Waals surface area (Å²) < 4.78 is 0. The Balaban J connectivity index is 2.14. The molecule has 1 heterocycles. The van der Waals surface area contributed by atoms with Gasteiger partial charge in [-0.05, 0) is 30.5 Å². The van der Waals surface area contributed by atoms with E-state index in [0.29, 0.717) is 6.04 Å². The Morgan fingerprint density at radius 2 is 2.25 bits per heavy atom. The molecule has 3 N–H and O–H groups in total. The Labute approximate surface area is 96.1 Å². The molecule has 3 nitrogen and oxygen atoms in total. The molecule has 0 spiro atoms. The minimum absolute atomic E-state index is 0.221. The third-order valence-electron chi connectivity index (χ3n) is 3.18. The second kappa shape index (κ2) is 5.43. The Morgan fingerprint density at radius 3 is 2.94 bits per heavy atom. The van der Waals surface area contributed by atoms with Gasteiger partial charge in [-0.15, -0.1) is 0 Å². The standard InChI is InChI=1S/C13H19NO2/c15-9-13(16)11-5-3-4-10(8-11)12-6-1-2-7-14-12/h3-5,8,12-16H,1-2,6-7,9H2. The number of rotatable bonds is 3. The summed E-state index contributed by atoms with van der Waals surface area (Å²) in [4.78, 5) is 0. The Kier molecular flexibility index (Phi) is 3.93. The first kappa shape index (κ1) is 11.6. The highest BCUT2D eigenvalue weighted by Crippen LogP contribution is 2.25. The van der Waals surface area contributed by atoms with Crippen molar-refractivity contribution in [2.24, 2.45) is 0 Å². The predicted molar refractivity (Wildman–Crippen MR) is 63.1 cm³/mol. The van der Waals surface area contributed by atoms with Gasteiger partial charge in [-0.1, -0.05) is 30.7 Å². The fourth-order valence-corrected chi connectivity index (χ4v) is 2.22. The van der Waals surface area contributed by atoms with E-state index in [2.05, 4.69) is 11.4 Å². The normalized spacial score (nSPS) is 23.0. The van der Waals surface area contributed by atoms with Gasteiger partial charge in [0.1, 0.15) is 6.10 Å². The average molecular weight is 221 g/mol. The summed E-state index contributed by atoms with van der Waals surface area (Å²) in [7, 11) is 0. The van der Waals surface area contributed by atoms with Gasteiger partial charge in [0.2, 0.25) is 0 Å². The van der Waals surface area contributed by atoms with Crippen LogP contribution in [0.5, 0.6) is 0 Å². The summed E-state index contributed by atoms with van der Waals surface area (Å²) in [5.41, 5.74) is 2.01. The van der Waals surface area contributed by atoms with Crippen LogP contribution in [0.15, 0.2) is 24.3 Å². The topological polar surface area (TPSA) is 52.5 Å². The van der Waals surface area contributed by atoms with Gasteiger partial charge in [0, 0.05) is 6.04 Å². The zero-order valence-corrected chi connectivity index (χ0v) is 9.39. The Morgan fingerprint density at radius 1 is 1.38 bits per heavy atom. The SMILES string of the molecule is OCC(O)c1cccc(C2CCCCN2)c1. The number of aliphatic hydroxyl groups excluding tert-OH is 2. The lowest BCUT2D eigenvalue weighted by atomic mass is 9.95. The third-order valence-corrected chi connectivity index (χ3v) is 3.18. The zero-order chi connectivity index (χ0) is 11.4. The second-order valence-corrected chi connectivity index (χ2v) is 4.37. The molecule has 1 aliphatic rings. The first-order valence-electron chi connectivity index (χ1n) is 5.93. The minimum atomic E-state index is -0.761. The molecular weight excluding hydrogens is 202 g/mol. The van der Waals surface area contributed by atoms with E-state index in [-0.39, 0.29) is 6.61 Å². The lowest BCUT2D eigenvalue weighted by Crippen LogP contribution is -2.26. The van der Waals surface area contributed by atoms with Crippen molar-refractivity contribution >= 4 is 0 Å². The van der Waals surface area contributed by atoms with Crippen LogP contribution in [0.2, 0.25) is 0 Å². The van der Waals surface area contributed by atoms with E-state index in [4.69, 9.17) is 5.11 Å². The fourth-order valence-electron chi connectivity index (χ4n) is 2.22. The molecule has 0 aliphatic carbocycles. The molecular formula is C13H19NO2. The molecule has 1 aliphatic heterocycles. The van der Waals surface area contributed by atoms with Gasteiger partial charge in [0.15, 0.2) is 0 Å². The monoisotopic (exact) mass is 221 g/mol. The maximum Gasteiger partial charge on any atom is 0.102 e. The van der Waals surface area contributed by atoms with E-state index in [9.17, 15) is 5.11 Å². The van der Waals surface area contributed by atoms with Crippen LogP contribution in [-0.4, -0.2) is 23.4 Å². The molecule has 0 radical (unpaired) electrons. The van der Waals surface area contributed by atoms with E-state index < -0.39 is 6.10 Å². The minimum Gasteiger partial charge on any atom is -0.393 e. The van der Waals surface area contributed by atoms with Crippen molar-refractivity contribution in [2.75, 3.05) is 13.2 Å². The lowest BCUT2D eigenvalue weighted by molar-refractivity contribution is 0.0955. The molecule has 2 rings (SSSR count). The van der Waals surface area contributed by atoms with E-state index in [1.807, 2.05) is 18.2 Å². The van der Waals surface area contributed by atoms with Gasteiger partial charge in [0.05, 0.1) is 6.61 Å². The van der Waals surface area contributed by atoms with E-state index in [0.717, 1.165) is 18.5 Å².